The average molecular weight is 257 g/mol. The van der Waals surface area contributed by atoms with Gasteiger partial charge in [0.15, 0.2) is 0 Å². The molecule has 9 heteroatoms. The van der Waals surface area contributed by atoms with Crippen molar-refractivity contribution in [3.05, 3.63) is 31.4 Å². The van der Waals surface area contributed by atoms with Crippen molar-refractivity contribution in [2.24, 2.45) is 0 Å². The lowest BCUT2D eigenvalue weighted by Gasteiger charge is -2.12. The lowest BCUT2D eigenvalue weighted by atomic mass is 10.7. The van der Waals surface area contributed by atoms with Gasteiger partial charge in [-0.3, -0.25) is 4.57 Å². The summed E-state index contributed by atoms with van der Waals surface area (Å²) in [5, 5.41) is 4.02. The standard InChI is InChI=1S/C10H11N9/c1-17(2)8-14-9(18-4-3-11-6-18)16-10(15-8)19-7-12-5-13-19/h3-7H,1-2H3. The maximum absolute atomic E-state index is 4.35. The number of nitrogens with zero attached hydrogens (tertiary/aromatic N) is 9. The minimum absolute atomic E-state index is 0.403. The topological polar surface area (TPSA) is 90.4 Å². The monoisotopic (exact) mass is 257 g/mol. The van der Waals surface area contributed by atoms with Crippen LogP contribution in [0.3, 0.4) is 0 Å². The molecule has 0 saturated heterocycles. The first kappa shape index (κ1) is 11.3. The van der Waals surface area contributed by atoms with E-state index in [4.69, 9.17) is 0 Å². The molecule has 0 radical (unpaired) electrons. The van der Waals surface area contributed by atoms with Crippen LogP contribution in [0.4, 0.5) is 5.95 Å². The average Bonchev–Trinajstić information content (AvgIpc) is 3.11. The number of hydrogen-bond acceptors (Lipinski definition) is 7. The van der Waals surface area contributed by atoms with E-state index in [1.165, 1.54) is 17.3 Å². The molecule has 3 aromatic heterocycles. The van der Waals surface area contributed by atoms with Gasteiger partial charge < -0.3 is 4.90 Å². The first-order valence-corrected chi connectivity index (χ1v) is 5.51. The van der Waals surface area contributed by atoms with E-state index in [1.807, 2.05) is 14.1 Å². The molecule has 0 fully saturated rings. The predicted octanol–water partition coefficient (Wildman–Crippen LogP) is -0.296. The number of rotatable bonds is 3. The Morgan fingerprint density at radius 1 is 1.00 bits per heavy atom. The molecule has 3 rings (SSSR count). The molecule has 0 atom stereocenters. The number of aromatic nitrogens is 8. The van der Waals surface area contributed by atoms with E-state index in [2.05, 4.69) is 30.0 Å². The van der Waals surface area contributed by atoms with Crippen molar-refractivity contribution in [2.45, 2.75) is 0 Å². The molecule has 0 aliphatic rings. The molecule has 0 aliphatic carbocycles. The Hall–Kier alpha value is -2.84. The van der Waals surface area contributed by atoms with Crippen molar-refractivity contribution in [2.75, 3.05) is 19.0 Å². The molecule has 3 aromatic rings. The van der Waals surface area contributed by atoms with Crippen LogP contribution in [0.1, 0.15) is 0 Å². The Morgan fingerprint density at radius 3 is 2.47 bits per heavy atom. The Labute approximate surface area is 108 Å². The number of anilines is 1. The van der Waals surface area contributed by atoms with Crippen LogP contribution in [0.15, 0.2) is 31.4 Å². The van der Waals surface area contributed by atoms with Crippen LogP contribution in [0.2, 0.25) is 0 Å². The van der Waals surface area contributed by atoms with Crippen LogP contribution < -0.4 is 4.90 Å². The van der Waals surface area contributed by atoms with Crippen LogP contribution in [-0.2, 0) is 0 Å². The summed E-state index contributed by atoms with van der Waals surface area (Å²) in [6, 6.07) is 0. The van der Waals surface area contributed by atoms with E-state index in [1.54, 1.807) is 28.2 Å². The van der Waals surface area contributed by atoms with Crippen molar-refractivity contribution < 1.29 is 0 Å². The van der Waals surface area contributed by atoms with Crippen LogP contribution in [0.25, 0.3) is 11.9 Å². The van der Waals surface area contributed by atoms with Crippen LogP contribution in [0, 0.1) is 0 Å². The van der Waals surface area contributed by atoms with Gasteiger partial charge in [-0.05, 0) is 0 Å². The number of imidazole rings is 1. The molecule has 0 bridgehead atoms. The van der Waals surface area contributed by atoms with Crippen molar-refractivity contribution >= 4 is 5.95 Å². The maximum atomic E-state index is 4.35. The zero-order chi connectivity index (χ0) is 13.2. The summed E-state index contributed by atoms with van der Waals surface area (Å²) >= 11 is 0. The van der Waals surface area contributed by atoms with E-state index in [-0.39, 0.29) is 0 Å². The molecule has 0 spiro atoms. The Kier molecular flexibility index (Phi) is 2.63. The summed E-state index contributed by atoms with van der Waals surface area (Å²) in [4.78, 5) is 22.7. The zero-order valence-corrected chi connectivity index (χ0v) is 10.4. The fourth-order valence-electron chi connectivity index (χ4n) is 1.45. The molecular formula is C10H11N9. The van der Waals surface area contributed by atoms with Gasteiger partial charge in [-0.2, -0.15) is 24.7 Å². The third-order valence-electron chi connectivity index (χ3n) is 2.36. The van der Waals surface area contributed by atoms with Crippen molar-refractivity contribution in [3.8, 4) is 11.9 Å². The van der Waals surface area contributed by atoms with Crippen molar-refractivity contribution in [1.82, 2.24) is 39.3 Å². The minimum atomic E-state index is 0.403. The summed E-state index contributed by atoms with van der Waals surface area (Å²) in [7, 11) is 3.72. The predicted molar refractivity (Wildman–Crippen MR) is 66.2 cm³/mol. The molecule has 0 saturated carbocycles. The quantitative estimate of drug-likeness (QED) is 0.636. The Morgan fingerprint density at radius 2 is 1.84 bits per heavy atom. The molecule has 0 amide bonds. The highest BCUT2D eigenvalue weighted by Crippen LogP contribution is 2.10. The third-order valence-corrected chi connectivity index (χ3v) is 2.36. The van der Waals surface area contributed by atoms with Crippen LogP contribution in [0.5, 0.6) is 0 Å². The Balaban J connectivity index is 2.15. The summed E-state index contributed by atoms with van der Waals surface area (Å²) in [6.07, 6.45) is 8.01. The lowest BCUT2D eigenvalue weighted by molar-refractivity contribution is 0.765. The van der Waals surface area contributed by atoms with Gasteiger partial charge in [-0.15, -0.1) is 0 Å². The molecule has 0 aliphatic heterocycles. The van der Waals surface area contributed by atoms with Gasteiger partial charge in [0.2, 0.25) is 11.9 Å². The normalized spacial score (nSPS) is 10.6. The fourth-order valence-corrected chi connectivity index (χ4v) is 1.45. The Bertz CT molecular complexity index is 604. The molecule has 3 heterocycles. The summed E-state index contributed by atoms with van der Waals surface area (Å²) in [5.41, 5.74) is 0. The second-order valence-electron chi connectivity index (χ2n) is 3.94. The van der Waals surface area contributed by atoms with Crippen molar-refractivity contribution in [1.29, 1.82) is 0 Å². The first-order chi connectivity index (χ1) is 9.24. The smallest absolute Gasteiger partial charge is 0.258 e. The first-order valence-electron chi connectivity index (χ1n) is 5.51. The largest absolute Gasteiger partial charge is 0.347 e. The molecule has 19 heavy (non-hydrogen) atoms. The van der Waals surface area contributed by atoms with Gasteiger partial charge in [0.05, 0.1) is 0 Å². The summed E-state index contributed by atoms with van der Waals surface area (Å²) in [6.45, 7) is 0. The highest BCUT2D eigenvalue weighted by atomic mass is 15.4. The van der Waals surface area contributed by atoms with Gasteiger partial charge in [0.25, 0.3) is 5.95 Å². The minimum Gasteiger partial charge on any atom is -0.347 e. The van der Waals surface area contributed by atoms with E-state index >= 15 is 0 Å². The van der Waals surface area contributed by atoms with E-state index in [9.17, 15) is 0 Å². The highest BCUT2D eigenvalue weighted by molar-refractivity contribution is 5.33. The fraction of sp³-hybridized carbons (Fsp3) is 0.200. The van der Waals surface area contributed by atoms with Gasteiger partial charge in [-0.25, -0.2) is 9.97 Å². The van der Waals surface area contributed by atoms with E-state index in [0.29, 0.717) is 17.8 Å². The molecular weight excluding hydrogens is 246 g/mol. The second kappa shape index (κ2) is 4.44. The van der Waals surface area contributed by atoms with Gasteiger partial charge >= 0.3 is 0 Å². The van der Waals surface area contributed by atoms with Gasteiger partial charge in [0, 0.05) is 26.5 Å². The molecule has 9 nitrogen and oxygen atoms in total. The van der Waals surface area contributed by atoms with Gasteiger partial charge in [-0.1, -0.05) is 0 Å². The lowest BCUT2D eigenvalue weighted by Crippen LogP contribution is -2.17. The highest BCUT2D eigenvalue weighted by Gasteiger charge is 2.11. The van der Waals surface area contributed by atoms with E-state index in [0.717, 1.165) is 0 Å². The SMILES string of the molecule is CN(C)c1nc(-n2ccnc2)nc(-n2cncn2)n1. The van der Waals surface area contributed by atoms with E-state index < -0.39 is 0 Å². The third kappa shape index (κ3) is 2.12. The molecule has 0 aromatic carbocycles. The van der Waals surface area contributed by atoms with Gasteiger partial charge in [0.1, 0.15) is 19.0 Å². The summed E-state index contributed by atoms with van der Waals surface area (Å²) < 4.78 is 3.18. The summed E-state index contributed by atoms with van der Waals surface area (Å²) in [5.74, 6) is 1.41. The van der Waals surface area contributed by atoms with Crippen molar-refractivity contribution in [3.63, 3.8) is 0 Å². The second-order valence-corrected chi connectivity index (χ2v) is 3.94. The molecule has 96 valence electrons. The molecule has 0 N–H and O–H groups in total. The molecule has 0 unspecified atom stereocenters. The van der Waals surface area contributed by atoms with Crippen LogP contribution in [-0.4, -0.2) is 53.4 Å². The maximum Gasteiger partial charge on any atom is 0.258 e. The zero-order valence-electron chi connectivity index (χ0n) is 10.4. The van der Waals surface area contributed by atoms with Crippen LogP contribution >= 0.6 is 0 Å². The number of hydrogen-bond donors (Lipinski definition) is 0.